The Bertz CT molecular complexity index is 319. The molecule has 1 aromatic rings. The van der Waals surface area contributed by atoms with Crippen LogP contribution in [0.3, 0.4) is 0 Å². The van der Waals surface area contributed by atoms with E-state index in [1.54, 1.807) is 0 Å². The molecule has 2 nitrogen and oxygen atoms in total. The molecule has 0 saturated carbocycles. The molecule has 2 rings (SSSR count). The fourth-order valence-electron chi connectivity index (χ4n) is 1.48. The van der Waals surface area contributed by atoms with E-state index in [9.17, 15) is 0 Å². The molecular weight excluding hydrogens is 219 g/mol. The lowest BCUT2D eigenvalue weighted by atomic mass is 10.2. The van der Waals surface area contributed by atoms with Gasteiger partial charge in [0.05, 0.1) is 21.4 Å². The third-order valence-electron chi connectivity index (χ3n) is 2.34. The van der Waals surface area contributed by atoms with Gasteiger partial charge in [-0.25, -0.2) is 0 Å². The number of nitrogens with one attached hydrogen (secondary N) is 2. The highest BCUT2D eigenvalue weighted by Crippen LogP contribution is 2.33. The van der Waals surface area contributed by atoms with Crippen molar-refractivity contribution >= 4 is 34.6 Å². The highest BCUT2D eigenvalue weighted by atomic mass is 35.5. The molecule has 76 valence electrons. The maximum absolute atomic E-state index is 5.94. The Morgan fingerprint density at radius 2 is 1.50 bits per heavy atom. The minimum Gasteiger partial charge on any atom is -0.383 e. The van der Waals surface area contributed by atoms with Crippen LogP contribution in [-0.4, -0.2) is 13.1 Å². The third-order valence-corrected chi connectivity index (χ3v) is 3.06. The molecular formula is C10H12Cl2N2. The van der Waals surface area contributed by atoms with Crippen molar-refractivity contribution < 1.29 is 0 Å². The molecule has 0 atom stereocenters. The highest BCUT2D eigenvalue weighted by Gasteiger charge is 2.13. The monoisotopic (exact) mass is 230 g/mol. The average Bonchev–Trinajstić information content (AvgIpc) is 2.31. The van der Waals surface area contributed by atoms with E-state index < -0.39 is 0 Å². The van der Waals surface area contributed by atoms with Crippen molar-refractivity contribution in [2.75, 3.05) is 23.7 Å². The van der Waals surface area contributed by atoms with Crippen molar-refractivity contribution in [1.29, 1.82) is 0 Å². The Morgan fingerprint density at radius 3 is 1.93 bits per heavy atom. The van der Waals surface area contributed by atoms with Crippen molar-refractivity contribution in [2.45, 2.75) is 6.92 Å². The zero-order chi connectivity index (χ0) is 10.1. The van der Waals surface area contributed by atoms with Gasteiger partial charge in [0.2, 0.25) is 0 Å². The van der Waals surface area contributed by atoms with Gasteiger partial charge >= 0.3 is 0 Å². The maximum Gasteiger partial charge on any atom is 0.0614 e. The Labute approximate surface area is 93.6 Å². The zero-order valence-corrected chi connectivity index (χ0v) is 9.41. The summed E-state index contributed by atoms with van der Waals surface area (Å²) in [4.78, 5) is 0. The first kappa shape index (κ1) is 9.94. The summed E-state index contributed by atoms with van der Waals surface area (Å²) in [6.07, 6.45) is 0. The van der Waals surface area contributed by atoms with Crippen molar-refractivity contribution in [1.82, 2.24) is 0 Å². The molecule has 14 heavy (non-hydrogen) atoms. The molecule has 1 aromatic carbocycles. The normalized spacial score (nSPS) is 16.5. The summed E-state index contributed by atoms with van der Waals surface area (Å²) in [6, 6.07) is 3.73. The molecule has 0 fully saturated rings. The van der Waals surface area contributed by atoms with E-state index in [4.69, 9.17) is 23.2 Å². The molecule has 0 bridgehead atoms. The first-order chi connectivity index (χ1) is 6.66. The second-order valence-electron chi connectivity index (χ2n) is 3.68. The SMILES string of the molecule is CC1CNc2cc(Cl)c(Cl)cc2NC1. The van der Waals surface area contributed by atoms with Crippen LogP contribution < -0.4 is 10.6 Å². The van der Waals surface area contributed by atoms with Gasteiger partial charge in [0, 0.05) is 13.1 Å². The first-order valence-corrected chi connectivity index (χ1v) is 5.39. The number of halogens is 2. The van der Waals surface area contributed by atoms with Crippen LogP contribution in [0.2, 0.25) is 10.0 Å². The van der Waals surface area contributed by atoms with Crippen LogP contribution in [0, 0.1) is 5.92 Å². The number of rotatable bonds is 0. The number of hydrogen-bond acceptors (Lipinski definition) is 2. The lowest BCUT2D eigenvalue weighted by Crippen LogP contribution is -2.14. The summed E-state index contributed by atoms with van der Waals surface area (Å²) in [6.45, 7) is 4.10. The summed E-state index contributed by atoms with van der Waals surface area (Å²) in [5.74, 6) is 0.597. The quantitative estimate of drug-likeness (QED) is 0.714. The molecule has 0 aliphatic carbocycles. The summed E-state index contributed by atoms with van der Waals surface area (Å²) < 4.78 is 0. The van der Waals surface area contributed by atoms with Crippen LogP contribution in [0.4, 0.5) is 11.4 Å². The van der Waals surface area contributed by atoms with E-state index in [-0.39, 0.29) is 0 Å². The largest absolute Gasteiger partial charge is 0.383 e. The molecule has 0 radical (unpaired) electrons. The van der Waals surface area contributed by atoms with Crippen molar-refractivity contribution in [3.8, 4) is 0 Å². The Hall–Kier alpha value is -0.600. The molecule has 2 N–H and O–H groups in total. The molecule has 4 heteroatoms. The second kappa shape index (κ2) is 3.87. The average molecular weight is 231 g/mol. The molecule has 0 amide bonds. The van der Waals surface area contributed by atoms with Gasteiger partial charge in [0.1, 0.15) is 0 Å². The van der Waals surface area contributed by atoms with Crippen LogP contribution in [0.15, 0.2) is 12.1 Å². The van der Waals surface area contributed by atoms with E-state index in [1.807, 2.05) is 12.1 Å². The minimum atomic E-state index is 0.592. The van der Waals surface area contributed by atoms with E-state index in [1.165, 1.54) is 0 Å². The third kappa shape index (κ3) is 1.91. The van der Waals surface area contributed by atoms with Gasteiger partial charge < -0.3 is 10.6 Å². The Kier molecular flexibility index (Phi) is 2.75. The van der Waals surface area contributed by atoms with Gasteiger partial charge in [0.15, 0.2) is 0 Å². The van der Waals surface area contributed by atoms with Gasteiger partial charge in [-0.2, -0.15) is 0 Å². The number of benzene rings is 1. The standard InChI is InChI=1S/C10H12Cl2N2/c1-6-4-13-9-2-7(11)8(12)3-10(9)14-5-6/h2-3,6,13-14H,4-5H2,1H3. The van der Waals surface area contributed by atoms with Crippen LogP contribution >= 0.6 is 23.2 Å². The Balaban J connectivity index is 2.36. The predicted molar refractivity (Wildman–Crippen MR) is 62.6 cm³/mol. The highest BCUT2D eigenvalue weighted by molar-refractivity contribution is 6.42. The lowest BCUT2D eigenvalue weighted by Gasteiger charge is -2.09. The zero-order valence-electron chi connectivity index (χ0n) is 7.90. The Morgan fingerprint density at radius 1 is 1.07 bits per heavy atom. The van der Waals surface area contributed by atoms with E-state index >= 15 is 0 Å². The fraction of sp³-hybridized carbons (Fsp3) is 0.400. The van der Waals surface area contributed by atoms with Crippen molar-refractivity contribution in [3.63, 3.8) is 0 Å². The molecule has 0 saturated heterocycles. The lowest BCUT2D eigenvalue weighted by molar-refractivity contribution is 0.657. The number of fused-ring (bicyclic) bond motifs is 1. The van der Waals surface area contributed by atoms with Crippen molar-refractivity contribution in [2.24, 2.45) is 5.92 Å². The summed E-state index contributed by atoms with van der Waals surface area (Å²) in [7, 11) is 0. The number of anilines is 2. The first-order valence-electron chi connectivity index (χ1n) is 4.63. The summed E-state index contributed by atoms with van der Waals surface area (Å²) in [5, 5.41) is 7.86. The molecule has 0 spiro atoms. The molecule has 1 aliphatic heterocycles. The van der Waals surface area contributed by atoms with E-state index in [0.717, 1.165) is 24.5 Å². The minimum absolute atomic E-state index is 0.592. The van der Waals surface area contributed by atoms with Crippen LogP contribution in [0.1, 0.15) is 6.92 Å². The predicted octanol–water partition coefficient (Wildman–Crippen LogP) is 3.47. The van der Waals surface area contributed by atoms with Crippen molar-refractivity contribution in [3.05, 3.63) is 22.2 Å². The van der Waals surface area contributed by atoms with E-state index in [2.05, 4.69) is 17.6 Å². The van der Waals surface area contributed by atoms with Gasteiger partial charge in [-0.05, 0) is 18.1 Å². The van der Waals surface area contributed by atoms with Crippen LogP contribution in [0.25, 0.3) is 0 Å². The summed E-state index contributed by atoms with van der Waals surface area (Å²) >= 11 is 11.9. The molecule has 0 unspecified atom stereocenters. The van der Waals surface area contributed by atoms with Gasteiger partial charge in [-0.1, -0.05) is 30.1 Å². The van der Waals surface area contributed by atoms with Gasteiger partial charge in [0.25, 0.3) is 0 Å². The summed E-state index contributed by atoms with van der Waals surface area (Å²) in [5.41, 5.74) is 2.06. The van der Waals surface area contributed by atoms with Crippen LogP contribution in [-0.2, 0) is 0 Å². The van der Waals surface area contributed by atoms with Gasteiger partial charge in [-0.3, -0.25) is 0 Å². The van der Waals surface area contributed by atoms with Crippen LogP contribution in [0.5, 0.6) is 0 Å². The maximum atomic E-state index is 5.94. The molecule has 0 aromatic heterocycles. The second-order valence-corrected chi connectivity index (χ2v) is 4.49. The molecule has 1 heterocycles. The smallest absolute Gasteiger partial charge is 0.0614 e. The topological polar surface area (TPSA) is 24.1 Å². The molecule has 1 aliphatic rings. The number of hydrogen-bond donors (Lipinski definition) is 2. The van der Waals surface area contributed by atoms with Gasteiger partial charge in [-0.15, -0.1) is 0 Å². The van der Waals surface area contributed by atoms with E-state index in [0.29, 0.717) is 16.0 Å². The fourth-order valence-corrected chi connectivity index (χ4v) is 1.81.